The molecule has 3 rings (SSSR count). The third-order valence-electron chi connectivity index (χ3n) is 5.11. The van der Waals surface area contributed by atoms with Gasteiger partial charge in [-0.25, -0.2) is 0 Å². The van der Waals surface area contributed by atoms with Crippen molar-refractivity contribution in [1.29, 1.82) is 0 Å². The predicted octanol–water partition coefficient (Wildman–Crippen LogP) is 1.35. The van der Waals surface area contributed by atoms with Gasteiger partial charge < -0.3 is 19.9 Å². The van der Waals surface area contributed by atoms with Gasteiger partial charge in [0.2, 0.25) is 11.8 Å². The number of thiophene rings is 1. The van der Waals surface area contributed by atoms with Crippen molar-refractivity contribution in [2.24, 2.45) is 5.92 Å². The standard InChI is InChI=1S/C19H27N3O4S/c1-13-10-22(11-14(2)26-13)19(25)15-3-6-21(7-4-15)17(23)9-20-18(24)16-5-8-27-12-16/h5,8,12-15H,3-4,6-7,9-11H2,1-2H3,(H,20,24). The summed E-state index contributed by atoms with van der Waals surface area (Å²) in [5.74, 6) is -0.190. The maximum atomic E-state index is 12.8. The minimum Gasteiger partial charge on any atom is -0.372 e. The molecular formula is C19H27N3O4S. The van der Waals surface area contributed by atoms with E-state index < -0.39 is 0 Å². The second-order valence-corrected chi connectivity index (χ2v) is 8.13. The third-order valence-corrected chi connectivity index (χ3v) is 5.79. The molecule has 148 valence electrons. The van der Waals surface area contributed by atoms with E-state index in [9.17, 15) is 14.4 Å². The van der Waals surface area contributed by atoms with Crippen molar-refractivity contribution in [2.75, 3.05) is 32.7 Å². The number of nitrogens with zero attached hydrogens (tertiary/aromatic N) is 2. The molecule has 0 spiro atoms. The lowest BCUT2D eigenvalue weighted by molar-refractivity contribution is -0.150. The molecule has 0 aromatic carbocycles. The highest BCUT2D eigenvalue weighted by Gasteiger charge is 2.33. The summed E-state index contributed by atoms with van der Waals surface area (Å²) >= 11 is 1.45. The van der Waals surface area contributed by atoms with Crippen molar-refractivity contribution in [3.63, 3.8) is 0 Å². The molecule has 8 heteroatoms. The molecule has 2 saturated heterocycles. The summed E-state index contributed by atoms with van der Waals surface area (Å²) in [5, 5.41) is 6.25. The van der Waals surface area contributed by atoms with Gasteiger partial charge in [0.05, 0.1) is 18.8 Å². The molecule has 0 aliphatic carbocycles. The van der Waals surface area contributed by atoms with Crippen LogP contribution in [0.25, 0.3) is 0 Å². The Morgan fingerprint density at radius 2 is 1.81 bits per heavy atom. The van der Waals surface area contributed by atoms with E-state index in [0.717, 1.165) is 0 Å². The number of hydrogen-bond acceptors (Lipinski definition) is 5. The lowest BCUT2D eigenvalue weighted by Gasteiger charge is -2.39. The lowest BCUT2D eigenvalue weighted by atomic mass is 9.94. The smallest absolute Gasteiger partial charge is 0.252 e. The first kappa shape index (κ1) is 19.8. The highest BCUT2D eigenvalue weighted by atomic mass is 32.1. The molecule has 2 atom stereocenters. The van der Waals surface area contributed by atoms with Crippen molar-refractivity contribution in [3.05, 3.63) is 22.4 Å². The van der Waals surface area contributed by atoms with Gasteiger partial charge in [-0.05, 0) is 38.1 Å². The van der Waals surface area contributed by atoms with Crippen LogP contribution in [-0.4, -0.2) is 72.5 Å². The Balaban J connectivity index is 1.43. The van der Waals surface area contributed by atoms with E-state index in [-0.39, 0.29) is 42.4 Å². The van der Waals surface area contributed by atoms with Crippen molar-refractivity contribution in [1.82, 2.24) is 15.1 Å². The first-order valence-electron chi connectivity index (χ1n) is 9.46. The van der Waals surface area contributed by atoms with E-state index in [1.54, 1.807) is 16.3 Å². The SMILES string of the molecule is CC1CN(C(=O)C2CCN(C(=O)CNC(=O)c3ccsc3)CC2)CC(C)O1. The second kappa shape index (κ2) is 8.84. The quantitative estimate of drug-likeness (QED) is 0.838. The molecule has 7 nitrogen and oxygen atoms in total. The molecule has 1 N–H and O–H groups in total. The van der Waals surface area contributed by atoms with E-state index in [1.807, 2.05) is 24.1 Å². The van der Waals surface area contributed by atoms with Crippen LogP contribution in [0.5, 0.6) is 0 Å². The van der Waals surface area contributed by atoms with E-state index in [2.05, 4.69) is 5.32 Å². The van der Waals surface area contributed by atoms with Crippen molar-refractivity contribution in [2.45, 2.75) is 38.9 Å². The fourth-order valence-electron chi connectivity index (χ4n) is 3.76. The highest BCUT2D eigenvalue weighted by Crippen LogP contribution is 2.22. The number of rotatable bonds is 4. The summed E-state index contributed by atoms with van der Waals surface area (Å²) in [6.45, 7) is 6.35. The van der Waals surface area contributed by atoms with Crippen LogP contribution in [-0.2, 0) is 14.3 Å². The van der Waals surface area contributed by atoms with Gasteiger partial charge in [-0.1, -0.05) is 0 Å². The van der Waals surface area contributed by atoms with Crippen LogP contribution in [0.3, 0.4) is 0 Å². The Labute approximate surface area is 163 Å². The van der Waals surface area contributed by atoms with Crippen molar-refractivity contribution in [3.8, 4) is 0 Å². The first-order valence-corrected chi connectivity index (χ1v) is 10.4. The van der Waals surface area contributed by atoms with Gasteiger partial charge in [-0.15, -0.1) is 0 Å². The largest absolute Gasteiger partial charge is 0.372 e. The predicted molar refractivity (Wildman–Crippen MR) is 103 cm³/mol. The lowest BCUT2D eigenvalue weighted by Crippen LogP contribution is -2.52. The fourth-order valence-corrected chi connectivity index (χ4v) is 4.39. The summed E-state index contributed by atoms with van der Waals surface area (Å²) < 4.78 is 5.69. The van der Waals surface area contributed by atoms with Crippen LogP contribution >= 0.6 is 11.3 Å². The van der Waals surface area contributed by atoms with Crippen LogP contribution in [0.2, 0.25) is 0 Å². The average molecular weight is 394 g/mol. The molecule has 2 fully saturated rings. The number of piperidine rings is 1. The van der Waals surface area contributed by atoms with Gasteiger partial charge in [-0.3, -0.25) is 14.4 Å². The Hall–Kier alpha value is -1.93. The van der Waals surface area contributed by atoms with Crippen molar-refractivity contribution >= 4 is 29.1 Å². The first-order chi connectivity index (χ1) is 12.9. The summed E-state index contributed by atoms with van der Waals surface area (Å²) in [6.07, 6.45) is 1.46. The van der Waals surface area contributed by atoms with Crippen LogP contribution in [0.1, 0.15) is 37.0 Å². The molecule has 3 heterocycles. The molecule has 1 aromatic rings. The second-order valence-electron chi connectivity index (χ2n) is 7.35. The number of carbonyl (C=O) groups is 3. The van der Waals surface area contributed by atoms with E-state index in [0.29, 0.717) is 44.6 Å². The number of ether oxygens (including phenoxy) is 1. The Morgan fingerprint density at radius 1 is 1.15 bits per heavy atom. The number of nitrogens with one attached hydrogen (secondary N) is 1. The van der Waals surface area contributed by atoms with Crippen LogP contribution in [0.4, 0.5) is 0 Å². The van der Waals surface area contributed by atoms with E-state index in [4.69, 9.17) is 4.74 Å². The monoisotopic (exact) mass is 393 g/mol. The molecule has 0 saturated carbocycles. The number of morpholine rings is 1. The average Bonchev–Trinajstić information content (AvgIpc) is 3.19. The van der Waals surface area contributed by atoms with Crippen LogP contribution < -0.4 is 5.32 Å². The molecular weight excluding hydrogens is 366 g/mol. The highest BCUT2D eigenvalue weighted by molar-refractivity contribution is 7.08. The number of hydrogen-bond donors (Lipinski definition) is 1. The number of likely N-dealkylation sites (tertiary alicyclic amines) is 1. The van der Waals surface area contributed by atoms with Gasteiger partial charge in [0.15, 0.2) is 0 Å². The van der Waals surface area contributed by atoms with E-state index in [1.165, 1.54) is 11.3 Å². The minimum absolute atomic E-state index is 0.00815. The van der Waals surface area contributed by atoms with Crippen LogP contribution in [0.15, 0.2) is 16.8 Å². The van der Waals surface area contributed by atoms with Gasteiger partial charge in [0.25, 0.3) is 5.91 Å². The zero-order valence-electron chi connectivity index (χ0n) is 15.8. The molecule has 0 radical (unpaired) electrons. The molecule has 2 aliphatic heterocycles. The fraction of sp³-hybridized carbons (Fsp3) is 0.632. The molecule has 3 amide bonds. The number of amides is 3. The Morgan fingerprint density at radius 3 is 2.41 bits per heavy atom. The zero-order chi connectivity index (χ0) is 19.4. The summed E-state index contributed by atoms with van der Waals surface area (Å²) in [4.78, 5) is 40.7. The topological polar surface area (TPSA) is 79.0 Å². The summed E-state index contributed by atoms with van der Waals surface area (Å²) in [5.41, 5.74) is 0.575. The van der Waals surface area contributed by atoms with E-state index >= 15 is 0 Å². The summed E-state index contributed by atoms with van der Waals surface area (Å²) in [7, 11) is 0. The minimum atomic E-state index is -0.231. The van der Waals surface area contributed by atoms with Gasteiger partial charge in [0, 0.05) is 43.0 Å². The van der Waals surface area contributed by atoms with Gasteiger partial charge >= 0.3 is 0 Å². The van der Waals surface area contributed by atoms with Crippen LogP contribution in [0, 0.1) is 5.92 Å². The zero-order valence-corrected chi connectivity index (χ0v) is 16.7. The van der Waals surface area contributed by atoms with Crippen molar-refractivity contribution < 1.29 is 19.1 Å². The third kappa shape index (κ3) is 5.07. The van der Waals surface area contributed by atoms with Gasteiger partial charge in [-0.2, -0.15) is 11.3 Å². The molecule has 1 aromatic heterocycles. The maximum Gasteiger partial charge on any atom is 0.252 e. The molecule has 0 bridgehead atoms. The maximum absolute atomic E-state index is 12.8. The number of carbonyl (C=O) groups excluding carboxylic acids is 3. The molecule has 27 heavy (non-hydrogen) atoms. The molecule has 2 aliphatic rings. The Bertz CT molecular complexity index is 661. The summed E-state index contributed by atoms with van der Waals surface area (Å²) in [6, 6.07) is 1.73. The van der Waals surface area contributed by atoms with Gasteiger partial charge in [0.1, 0.15) is 0 Å². The Kier molecular flexibility index (Phi) is 6.49. The molecule has 2 unspecified atom stereocenters. The normalized spacial score (nSPS) is 23.9.